The number of amides is 1. The van der Waals surface area contributed by atoms with Crippen LogP contribution in [0, 0.1) is 5.92 Å². The molecule has 6 heteroatoms. The summed E-state index contributed by atoms with van der Waals surface area (Å²) in [6.45, 7) is 8.10. The lowest BCUT2D eigenvalue weighted by atomic mass is 10.1. The molecule has 2 heterocycles. The summed E-state index contributed by atoms with van der Waals surface area (Å²) in [6.07, 6.45) is 1.61. The molecule has 2 aromatic rings. The number of nitrogens with zero attached hydrogens (tertiary/aromatic N) is 4. The fourth-order valence-electron chi connectivity index (χ4n) is 1.90. The quantitative estimate of drug-likeness (QED) is 0.817. The van der Waals surface area contributed by atoms with Crippen LogP contribution in [0.25, 0.3) is 16.7 Å². The normalized spacial score (nSPS) is 11.1. The van der Waals surface area contributed by atoms with Gasteiger partial charge in [-0.25, -0.2) is 4.98 Å². The van der Waals surface area contributed by atoms with Crippen LogP contribution in [-0.4, -0.2) is 39.4 Å². The first-order chi connectivity index (χ1) is 9.32. The number of halogens is 1. The van der Waals surface area contributed by atoms with Gasteiger partial charge in [-0.2, -0.15) is 4.98 Å². The molecule has 2 rings (SSSR count). The first kappa shape index (κ1) is 14.5. The molecule has 0 saturated carbocycles. The molecule has 0 spiro atoms. The van der Waals surface area contributed by atoms with Crippen LogP contribution < -0.4 is 0 Å². The molecule has 0 bridgehead atoms. The fraction of sp³-hybridized carbons (Fsp3) is 0.357. The second-order valence-electron chi connectivity index (χ2n) is 5.13. The Hall–Kier alpha value is -1.88. The van der Waals surface area contributed by atoms with Crippen LogP contribution in [0.15, 0.2) is 18.8 Å². The molecule has 106 valence electrons. The van der Waals surface area contributed by atoms with E-state index in [1.165, 1.54) is 4.90 Å². The van der Waals surface area contributed by atoms with Crippen molar-refractivity contribution in [1.29, 1.82) is 0 Å². The van der Waals surface area contributed by atoms with Gasteiger partial charge >= 0.3 is 0 Å². The third kappa shape index (κ3) is 2.41. The second kappa shape index (κ2) is 5.25. The van der Waals surface area contributed by atoms with Gasteiger partial charge in [0.2, 0.25) is 5.28 Å². The molecule has 20 heavy (non-hydrogen) atoms. The maximum Gasteiger partial charge on any atom is 0.270 e. The Kier molecular flexibility index (Phi) is 3.81. The lowest BCUT2D eigenvalue weighted by Gasteiger charge is -2.17. The molecule has 0 aliphatic carbocycles. The lowest BCUT2D eigenvalue weighted by molar-refractivity contribution is 0.0820. The van der Waals surface area contributed by atoms with E-state index in [1.807, 2.05) is 13.8 Å². The zero-order valence-electron chi connectivity index (χ0n) is 12.0. The standard InChI is InChI=1S/C14H17ClN4O/c1-8(2)9(3)19-11(13(20)18(4)5)6-10-7-16-14(15)17-12(10)19/h6-8H,3H2,1-2,4-5H3. The summed E-state index contributed by atoms with van der Waals surface area (Å²) in [5.74, 6) is 0.0639. The minimum Gasteiger partial charge on any atom is -0.343 e. The lowest BCUT2D eigenvalue weighted by Crippen LogP contribution is -2.25. The molecule has 0 radical (unpaired) electrons. The zero-order chi connectivity index (χ0) is 15.0. The van der Waals surface area contributed by atoms with Crippen molar-refractivity contribution in [3.05, 3.63) is 29.8 Å². The van der Waals surface area contributed by atoms with E-state index >= 15 is 0 Å². The van der Waals surface area contributed by atoms with Crippen LogP contribution in [0.1, 0.15) is 24.3 Å². The molecule has 0 aliphatic rings. The van der Waals surface area contributed by atoms with E-state index in [0.29, 0.717) is 11.3 Å². The molecule has 0 N–H and O–H groups in total. The molecule has 2 aromatic heterocycles. The van der Waals surface area contributed by atoms with Crippen molar-refractivity contribution >= 4 is 34.2 Å². The summed E-state index contributed by atoms with van der Waals surface area (Å²) in [5.41, 5.74) is 1.91. The van der Waals surface area contributed by atoms with Gasteiger partial charge < -0.3 is 4.90 Å². The Morgan fingerprint density at radius 2 is 2.10 bits per heavy atom. The summed E-state index contributed by atoms with van der Waals surface area (Å²) in [6, 6.07) is 1.77. The van der Waals surface area contributed by atoms with Gasteiger partial charge in [-0.3, -0.25) is 9.36 Å². The van der Waals surface area contributed by atoms with Crippen LogP contribution in [0.4, 0.5) is 0 Å². The van der Waals surface area contributed by atoms with Crippen molar-refractivity contribution in [3.8, 4) is 0 Å². The molecule has 5 nitrogen and oxygen atoms in total. The minimum atomic E-state index is -0.110. The highest BCUT2D eigenvalue weighted by atomic mass is 35.5. The summed E-state index contributed by atoms with van der Waals surface area (Å²) >= 11 is 5.87. The van der Waals surface area contributed by atoms with Crippen molar-refractivity contribution in [1.82, 2.24) is 19.4 Å². The molecule has 0 saturated heterocycles. The van der Waals surface area contributed by atoms with E-state index in [2.05, 4.69) is 16.5 Å². The minimum absolute atomic E-state index is 0.110. The molecular weight excluding hydrogens is 276 g/mol. The summed E-state index contributed by atoms with van der Waals surface area (Å²) in [4.78, 5) is 22.0. The number of rotatable bonds is 3. The Balaban J connectivity index is 2.77. The van der Waals surface area contributed by atoms with Gasteiger partial charge in [0.25, 0.3) is 5.91 Å². The number of aromatic nitrogens is 3. The Labute approximate surface area is 122 Å². The highest BCUT2D eigenvalue weighted by Crippen LogP contribution is 2.26. The van der Waals surface area contributed by atoms with E-state index in [1.54, 1.807) is 30.9 Å². The number of allylic oxidation sites excluding steroid dienone is 1. The highest BCUT2D eigenvalue weighted by molar-refractivity contribution is 6.28. The molecule has 0 aliphatic heterocycles. The van der Waals surface area contributed by atoms with E-state index < -0.39 is 0 Å². The number of carbonyl (C=O) groups is 1. The van der Waals surface area contributed by atoms with Crippen LogP contribution in [0.2, 0.25) is 5.28 Å². The van der Waals surface area contributed by atoms with Crippen molar-refractivity contribution in [2.75, 3.05) is 14.1 Å². The van der Waals surface area contributed by atoms with E-state index in [9.17, 15) is 4.79 Å². The molecule has 0 unspecified atom stereocenters. The third-order valence-electron chi connectivity index (χ3n) is 3.09. The van der Waals surface area contributed by atoms with E-state index in [-0.39, 0.29) is 17.1 Å². The van der Waals surface area contributed by atoms with Gasteiger partial charge in [-0.1, -0.05) is 20.4 Å². The fourth-order valence-corrected chi connectivity index (χ4v) is 2.03. The highest BCUT2D eigenvalue weighted by Gasteiger charge is 2.21. The summed E-state index contributed by atoms with van der Waals surface area (Å²) < 4.78 is 1.76. The van der Waals surface area contributed by atoms with Crippen LogP contribution in [-0.2, 0) is 0 Å². The van der Waals surface area contributed by atoms with Crippen LogP contribution in [0.5, 0.6) is 0 Å². The number of hydrogen-bond acceptors (Lipinski definition) is 3. The maximum absolute atomic E-state index is 12.3. The monoisotopic (exact) mass is 292 g/mol. The average Bonchev–Trinajstić information content (AvgIpc) is 2.74. The predicted octanol–water partition coefficient (Wildman–Crippen LogP) is 2.91. The van der Waals surface area contributed by atoms with Gasteiger partial charge in [-0.05, 0) is 23.6 Å². The van der Waals surface area contributed by atoms with Gasteiger partial charge in [0.15, 0.2) is 0 Å². The molecular formula is C14H17ClN4O. The second-order valence-corrected chi connectivity index (χ2v) is 5.47. The van der Waals surface area contributed by atoms with E-state index in [0.717, 1.165) is 11.1 Å². The molecule has 1 amide bonds. The Morgan fingerprint density at radius 3 is 2.65 bits per heavy atom. The van der Waals surface area contributed by atoms with Crippen molar-refractivity contribution in [2.24, 2.45) is 5.92 Å². The van der Waals surface area contributed by atoms with Gasteiger partial charge in [0.05, 0.1) is 0 Å². The number of hydrogen-bond donors (Lipinski definition) is 0. The summed E-state index contributed by atoms with van der Waals surface area (Å²) in [7, 11) is 3.42. The topological polar surface area (TPSA) is 51.0 Å². The average molecular weight is 293 g/mol. The molecule has 0 fully saturated rings. The van der Waals surface area contributed by atoms with Gasteiger partial charge in [-0.15, -0.1) is 0 Å². The largest absolute Gasteiger partial charge is 0.343 e. The van der Waals surface area contributed by atoms with Crippen molar-refractivity contribution < 1.29 is 4.79 Å². The van der Waals surface area contributed by atoms with Gasteiger partial charge in [0.1, 0.15) is 11.3 Å². The maximum atomic E-state index is 12.3. The first-order valence-corrected chi connectivity index (χ1v) is 6.65. The Bertz CT molecular complexity index is 688. The van der Waals surface area contributed by atoms with Crippen LogP contribution in [0.3, 0.4) is 0 Å². The number of carbonyl (C=O) groups excluding carboxylic acids is 1. The smallest absolute Gasteiger partial charge is 0.270 e. The first-order valence-electron chi connectivity index (χ1n) is 6.27. The SMILES string of the molecule is C=C(C(C)C)n1c(C(=O)N(C)C)cc2cnc(Cl)nc21. The van der Waals surface area contributed by atoms with Crippen molar-refractivity contribution in [3.63, 3.8) is 0 Å². The molecule has 0 atom stereocenters. The number of fused-ring (bicyclic) bond motifs is 1. The van der Waals surface area contributed by atoms with Gasteiger partial charge in [0, 0.05) is 31.4 Å². The predicted molar refractivity (Wildman–Crippen MR) is 80.7 cm³/mol. The van der Waals surface area contributed by atoms with Crippen LogP contribution >= 0.6 is 11.6 Å². The van der Waals surface area contributed by atoms with Crippen molar-refractivity contribution in [2.45, 2.75) is 13.8 Å². The molecule has 0 aromatic carbocycles. The Morgan fingerprint density at radius 1 is 1.45 bits per heavy atom. The summed E-state index contributed by atoms with van der Waals surface area (Å²) in [5, 5.41) is 0.915. The zero-order valence-corrected chi connectivity index (χ0v) is 12.8. The third-order valence-corrected chi connectivity index (χ3v) is 3.27. The van der Waals surface area contributed by atoms with E-state index in [4.69, 9.17) is 11.6 Å².